The molecule has 0 saturated heterocycles. The molecule has 18 heavy (non-hydrogen) atoms. The van der Waals surface area contributed by atoms with Crippen molar-refractivity contribution in [1.29, 1.82) is 0 Å². The van der Waals surface area contributed by atoms with Crippen molar-refractivity contribution >= 4 is 17.2 Å². The van der Waals surface area contributed by atoms with E-state index in [4.69, 9.17) is 4.74 Å². The zero-order chi connectivity index (χ0) is 12.5. The lowest BCUT2D eigenvalue weighted by Gasteiger charge is -2.09. The average molecular weight is 259 g/mol. The Bertz CT molecular complexity index is 604. The standard InChI is InChI=1S/C14H13NO2S/c1-15-14(16)10-2-3-11-12(8-10)17-6-4-9-5-7-18-13(9)11/h2-3,5,7-8H,4,6H2,1H3,(H,15,16). The van der Waals surface area contributed by atoms with Gasteiger partial charge in [-0.1, -0.05) is 0 Å². The number of nitrogens with one attached hydrogen (secondary N) is 1. The highest BCUT2D eigenvalue weighted by Gasteiger charge is 2.18. The van der Waals surface area contributed by atoms with Crippen LogP contribution in [-0.2, 0) is 6.42 Å². The van der Waals surface area contributed by atoms with Crippen molar-refractivity contribution < 1.29 is 9.53 Å². The van der Waals surface area contributed by atoms with Crippen LogP contribution in [-0.4, -0.2) is 19.6 Å². The summed E-state index contributed by atoms with van der Waals surface area (Å²) in [5, 5.41) is 4.73. The normalized spacial score (nSPS) is 12.9. The molecule has 0 aliphatic carbocycles. The molecule has 0 unspecified atom stereocenters. The molecule has 1 aromatic carbocycles. The maximum absolute atomic E-state index is 11.6. The largest absolute Gasteiger partial charge is 0.493 e. The second-order valence-corrected chi connectivity index (χ2v) is 5.08. The Kier molecular flexibility index (Phi) is 2.80. The Morgan fingerprint density at radius 1 is 1.39 bits per heavy atom. The van der Waals surface area contributed by atoms with Crippen LogP contribution >= 0.6 is 11.3 Å². The Labute approximate surface area is 109 Å². The van der Waals surface area contributed by atoms with Gasteiger partial charge in [-0.3, -0.25) is 4.79 Å². The lowest BCUT2D eigenvalue weighted by atomic mass is 10.1. The lowest BCUT2D eigenvalue weighted by molar-refractivity contribution is 0.0962. The predicted molar refractivity (Wildman–Crippen MR) is 72.3 cm³/mol. The Morgan fingerprint density at radius 2 is 2.28 bits per heavy atom. The molecular weight excluding hydrogens is 246 g/mol. The third-order valence-corrected chi connectivity index (χ3v) is 4.08. The fraction of sp³-hybridized carbons (Fsp3) is 0.214. The molecule has 2 heterocycles. The molecule has 0 saturated carbocycles. The van der Waals surface area contributed by atoms with Gasteiger partial charge in [0.15, 0.2) is 0 Å². The number of rotatable bonds is 1. The SMILES string of the molecule is CNC(=O)c1ccc2c(c1)OCCc1ccsc1-2. The van der Waals surface area contributed by atoms with Crippen molar-refractivity contribution in [2.75, 3.05) is 13.7 Å². The molecule has 1 amide bonds. The number of thiophene rings is 1. The van der Waals surface area contributed by atoms with Crippen LogP contribution in [0.1, 0.15) is 15.9 Å². The van der Waals surface area contributed by atoms with E-state index >= 15 is 0 Å². The summed E-state index contributed by atoms with van der Waals surface area (Å²) in [6, 6.07) is 7.78. The summed E-state index contributed by atoms with van der Waals surface area (Å²) in [5.74, 6) is 0.717. The first-order valence-corrected chi connectivity index (χ1v) is 6.73. The fourth-order valence-electron chi connectivity index (χ4n) is 2.15. The van der Waals surface area contributed by atoms with Crippen LogP contribution in [0.2, 0.25) is 0 Å². The van der Waals surface area contributed by atoms with Gasteiger partial charge in [-0.2, -0.15) is 0 Å². The molecule has 92 valence electrons. The summed E-state index contributed by atoms with van der Waals surface area (Å²) in [7, 11) is 1.63. The summed E-state index contributed by atoms with van der Waals surface area (Å²) >= 11 is 1.72. The molecule has 0 radical (unpaired) electrons. The van der Waals surface area contributed by atoms with E-state index in [1.165, 1.54) is 10.4 Å². The van der Waals surface area contributed by atoms with Crippen molar-refractivity contribution in [3.05, 3.63) is 40.8 Å². The van der Waals surface area contributed by atoms with Gasteiger partial charge >= 0.3 is 0 Å². The Morgan fingerprint density at radius 3 is 3.11 bits per heavy atom. The van der Waals surface area contributed by atoms with Gasteiger partial charge < -0.3 is 10.1 Å². The zero-order valence-corrected chi connectivity index (χ0v) is 10.8. The summed E-state index contributed by atoms with van der Waals surface area (Å²) in [6.07, 6.45) is 0.919. The molecule has 0 atom stereocenters. The van der Waals surface area contributed by atoms with Crippen LogP contribution in [0.3, 0.4) is 0 Å². The number of benzene rings is 1. The summed E-state index contributed by atoms with van der Waals surface area (Å²) < 4.78 is 5.75. The maximum Gasteiger partial charge on any atom is 0.251 e. The van der Waals surface area contributed by atoms with Crippen LogP contribution in [0.4, 0.5) is 0 Å². The van der Waals surface area contributed by atoms with E-state index in [2.05, 4.69) is 16.8 Å². The molecule has 3 nitrogen and oxygen atoms in total. The first-order chi connectivity index (χ1) is 8.79. The molecule has 1 N–H and O–H groups in total. The topological polar surface area (TPSA) is 38.3 Å². The van der Waals surface area contributed by atoms with Gasteiger partial charge in [0.1, 0.15) is 5.75 Å². The van der Waals surface area contributed by atoms with Gasteiger partial charge in [-0.05, 0) is 35.2 Å². The van der Waals surface area contributed by atoms with Crippen molar-refractivity contribution in [1.82, 2.24) is 5.32 Å². The van der Waals surface area contributed by atoms with E-state index in [0.29, 0.717) is 12.2 Å². The van der Waals surface area contributed by atoms with E-state index in [1.54, 1.807) is 18.4 Å². The number of carbonyl (C=O) groups excluding carboxylic acids is 1. The van der Waals surface area contributed by atoms with Crippen LogP contribution in [0, 0.1) is 0 Å². The lowest BCUT2D eigenvalue weighted by Crippen LogP contribution is -2.17. The third-order valence-electron chi connectivity index (χ3n) is 3.09. The van der Waals surface area contributed by atoms with Crippen molar-refractivity contribution in [3.63, 3.8) is 0 Å². The molecule has 0 spiro atoms. The first kappa shape index (κ1) is 11.3. The molecule has 3 rings (SSSR count). The minimum absolute atomic E-state index is 0.0861. The van der Waals surface area contributed by atoms with Crippen LogP contribution in [0.5, 0.6) is 5.75 Å². The number of fused-ring (bicyclic) bond motifs is 3. The number of hydrogen-bond acceptors (Lipinski definition) is 3. The summed E-state index contributed by atoms with van der Waals surface area (Å²) in [6.45, 7) is 0.661. The van der Waals surface area contributed by atoms with Gasteiger partial charge in [-0.15, -0.1) is 11.3 Å². The highest BCUT2D eigenvalue weighted by atomic mass is 32.1. The second kappa shape index (κ2) is 4.46. The highest BCUT2D eigenvalue weighted by Crippen LogP contribution is 2.39. The van der Waals surface area contributed by atoms with Gasteiger partial charge in [0.2, 0.25) is 0 Å². The van der Waals surface area contributed by atoms with Gasteiger partial charge in [0.25, 0.3) is 5.91 Å². The van der Waals surface area contributed by atoms with E-state index in [9.17, 15) is 4.79 Å². The monoisotopic (exact) mass is 259 g/mol. The highest BCUT2D eigenvalue weighted by molar-refractivity contribution is 7.13. The Balaban J connectivity index is 2.11. The van der Waals surface area contributed by atoms with Gasteiger partial charge in [0, 0.05) is 29.5 Å². The number of ether oxygens (including phenoxy) is 1. The van der Waals surface area contributed by atoms with Crippen LogP contribution in [0.15, 0.2) is 29.6 Å². The van der Waals surface area contributed by atoms with E-state index in [-0.39, 0.29) is 5.91 Å². The summed E-state index contributed by atoms with van der Waals surface area (Å²) in [5.41, 5.74) is 3.05. The molecule has 1 aliphatic heterocycles. The number of amides is 1. The molecule has 2 aromatic rings. The van der Waals surface area contributed by atoms with Crippen molar-refractivity contribution in [3.8, 4) is 16.2 Å². The first-order valence-electron chi connectivity index (χ1n) is 5.85. The molecule has 0 bridgehead atoms. The quantitative estimate of drug-likeness (QED) is 0.855. The molecular formula is C14H13NO2S. The Hall–Kier alpha value is -1.81. The minimum Gasteiger partial charge on any atom is -0.493 e. The van der Waals surface area contributed by atoms with Crippen LogP contribution < -0.4 is 10.1 Å². The van der Waals surface area contributed by atoms with Crippen molar-refractivity contribution in [2.45, 2.75) is 6.42 Å². The molecule has 1 aromatic heterocycles. The van der Waals surface area contributed by atoms with Gasteiger partial charge in [-0.25, -0.2) is 0 Å². The maximum atomic E-state index is 11.6. The van der Waals surface area contributed by atoms with Crippen LogP contribution in [0.25, 0.3) is 10.4 Å². The third kappa shape index (κ3) is 1.78. The minimum atomic E-state index is -0.0861. The smallest absolute Gasteiger partial charge is 0.251 e. The van der Waals surface area contributed by atoms with Crippen molar-refractivity contribution in [2.24, 2.45) is 0 Å². The molecule has 1 aliphatic rings. The number of carbonyl (C=O) groups is 1. The van der Waals surface area contributed by atoms with E-state index in [1.807, 2.05) is 18.2 Å². The predicted octanol–water partition coefficient (Wildman–Crippen LogP) is 2.71. The second-order valence-electron chi connectivity index (χ2n) is 4.16. The average Bonchev–Trinajstić information content (AvgIpc) is 2.79. The fourth-order valence-corrected chi connectivity index (χ4v) is 3.14. The van der Waals surface area contributed by atoms with E-state index < -0.39 is 0 Å². The molecule has 4 heteroatoms. The van der Waals surface area contributed by atoms with E-state index in [0.717, 1.165) is 17.7 Å². The van der Waals surface area contributed by atoms with Gasteiger partial charge in [0.05, 0.1) is 6.61 Å². The number of hydrogen-bond donors (Lipinski definition) is 1. The summed E-state index contributed by atoms with van der Waals surface area (Å²) in [4.78, 5) is 12.9. The zero-order valence-electron chi connectivity index (χ0n) is 10.0. The molecule has 0 fully saturated rings.